The van der Waals surface area contributed by atoms with Gasteiger partial charge in [0.2, 0.25) is 0 Å². The van der Waals surface area contributed by atoms with E-state index in [-0.39, 0.29) is 29.9 Å². The van der Waals surface area contributed by atoms with E-state index in [1.54, 1.807) is 0 Å². The molecule has 0 atom stereocenters. The molecule has 0 aliphatic carbocycles. The molecule has 0 unspecified atom stereocenters. The molecule has 4 aromatic carbocycles. The fraction of sp³-hybridized carbons (Fsp3) is 0.233. The Hall–Kier alpha value is -2.70. The van der Waals surface area contributed by atoms with E-state index in [1.807, 2.05) is 48.5 Å². The number of benzene rings is 4. The van der Waals surface area contributed by atoms with Crippen molar-refractivity contribution >= 4 is 22.4 Å². The number of hydrogen-bond donors (Lipinski definition) is 1. The molecule has 1 amide bonds. The number of hydrogen-bond acceptors (Lipinski definition) is 1. The maximum atomic E-state index is 13.0. The molecule has 5 rings (SSSR count). The van der Waals surface area contributed by atoms with Crippen molar-refractivity contribution in [1.82, 2.24) is 0 Å². The lowest BCUT2D eigenvalue weighted by atomic mass is 10.00. The van der Waals surface area contributed by atoms with Crippen molar-refractivity contribution in [2.75, 3.05) is 25.5 Å². The summed E-state index contributed by atoms with van der Waals surface area (Å²) in [4.78, 5) is 13.0. The second-order valence-corrected chi connectivity index (χ2v) is 9.58. The predicted octanol–water partition coefficient (Wildman–Crippen LogP) is 3.89. The first-order valence-electron chi connectivity index (χ1n) is 11.9. The first-order valence-corrected chi connectivity index (χ1v) is 11.9. The topological polar surface area (TPSA) is 29.1 Å². The van der Waals surface area contributed by atoms with E-state index in [0.717, 1.165) is 33.1 Å². The van der Waals surface area contributed by atoms with Gasteiger partial charge in [-0.15, -0.1) is 0 Å². The highest BCUT2D eigenvalue weighted by molar-refractivity contribution is 6.06. The van der Waals surface area contributed by atoms with Gasteiger partial charge in [-0.3, -0.25) is 4.79 Å². The van der Waals surface area contributed by atoms with Gasteiger partial charge in [0, 0.05) is 16.8 Å². The van der Waals surface area contributed by atoms with Gasteiger partial charge in [-0.1, -0.05) is 60.7 Å². The number of halogens is 1. The van der Waals surface area contributed by atoms with Crippen LogP contribution in [0.2, 0.25) is 0 Å². The van der Waals surface area contributed by atoms with Crippen LogP contribution in [0.4, 0.5) is 5.69 Å². The summed E-state index contributed by atoms with van der Waals surface area (Å²) in [5.74, 6) is -0.0789. The molecule has 1 aliphatic rings. The number of carbonyl (C=O) groups excluding carboxylic acids is 1. The molecule has 4 heteroatoms. The van der Waals surface area contributed by atoms with Crippen LogP contribution in [-0.2, 0) is 6.54 Å². The van der Waals surface area contributed by atoms with Gasteiger partial charge in [0.1, 0.15) is 6.54 Å². The highest BCUT2D eigenvalue weighted by atomic mass is 127. The van der Waals surface area contributed by atoms with Crippen LogP contribution in [-0.4, -0.2) is 30.5 Å². The summed E-state index contributed by atoms with van der Waals surface area (Å²) in [5, 5.41) is 5.26. The fourth-order valence-corrected chi connectivity index (χ4v) is 4.97. The van der Waals surface area contributed by atoms with E-state index in [0.29, 0.717) is 5.56 Å². The zero-order valence-corrected chi connectivity index (χ0v) is 21.8. The number of rotatable bonds is 5. The van der Waals surface area contributed by atoms with E-state index < -0.39 is 0 Å². The van der Waals surface area contributed by atoms with Crippen molar-refractivity contribution in [2.45, 2.75) is 25.8 Å². The second-order valence-electron chi connectivity index (χ2n) is 9.58. The lowest BCUT2D eigenvalue weighted by Gasteiger charge is -2.37. The van der Waals surface area contributed by atoms with Crippen molar-refractivity contribution in [3.8, 4) is 11.1 Å². The van der Waals surface area contributed by atoms with Crippen molar-refractivity contribution in [1.29, 1.82) is 0 Å². The molecule has 1 aliphatic heterocycles. The Morgan fingerprint density at radius 1 is 0.765 bits per heavy atom. The van der Waals surface area contributed by atoms with Crippen LogP contribution >= 0.6 is 0 Å². The Bertz CT molecular complexity index is 1260. The molecule has 1 heterocycles. The number of likely N-dealkylation sites (tertiary alicyclic amines) is 1. The average Bonchev–Trinajstić information content (AvgIpc) is 2.85. The van der Waals surface area contributed by atoms with Crippen LogP contribution < -0.4 is 29.3 Å². The van der Waals surface area contributed by atoms with Crippen LogP contribution in [0.15, 0.2) is 91.0 Å². The molecule has 3 nitrogen and oxygen atoms in total. The number of piperidine rings is 1. The zero-order valence-electron chi connectivity index (χ0n) is 19.6. The number of fused-ring (bicyclic) bond motifs is 1. The highest BCUT2D eigenvalue weighted by Crippen LogP contribution is 2.26. The van der Waals surface area contributed by atoms with Crippen LogP contribution in [0.3, 0.4) is 0 Å². The fourth-order valence-electron chi connectivity index (χ4n) is 4.97. The lowest BCUT2D eigenvalue weighted by molar-refractivity contribution is -0.926. The maximum Gasteiger partial charge on any atom is 0.255 e. The molecule has 0 spiro atoms. The Balaban J connectivity index is 0.00000274. The van der Waals surface area contributed by atoms with Gasteiger partial charge in [-0.05, 0) is 71.5 Å². The first-order chi connectivity index (χ1) is 16.1. The summed E-state index contributed by atoms with van der Waals surface area (Å²) in [7, 11) is 2.36. The molecule has 0 saturated carbocycles. The largest absolute Gasteiger partial charge is 1.00 e. The third-order valence-electron chi connectivity index (χ3n) is 6.88. The number of nitrogens with zero attached hydrogens (tertiary/aromatic N) is 1. The average molecular weight is 562 g/mol. The summed E-state index contributed by atoms with van der Waals surface area (Å²) in [5.41, 5.74) is 5.17. The van der Waals surface area contributed by atoms with E-state index in [9.17, 15) is 4.79 Å². The van der Waals surface area contributed by atoms with E-state index in [4.69, 9.17) is 0 Å². The van der Waals surface area contributed by atoms with E-state index in [1.165, 1.54) is 43.5 Å². The number of quaternary nitrogens is 1. The van der Waals surface area contributed by atoms with Crippen molar-refractivity contribution in [3.63, 3.8) is 0 Å². The molecule has 34 heavy (non-hydrogen) atoms. The standard InChI is InChI=1S/C30H30N2O.HI/c1-32(18-6-3-7-19-32)22-23-10-16-29(17-11-23)31-30(33)27-15-13-25-12-14-26(20-28(25)21-27)24-8-4-2-5-9-24;/h2,4-5,8-17,20-21H,3,6-7,18-19,22H2,1H3;1H. The number of carbonyl (C=O) groups is 1. The van der Waals surface area contributed by atoms with Crippen LogP contribution in [0.1, 0.15) is 35.2 Å². The minimum atomic E-state index is -0.0789. The monoisotopic (exact) mass is 562 g/mol. The van der Waals surface area contributed by atoms with Crippen molar-refractivity contribution in [2.24, 2.45) is 0 Å². The molecule has 1 saturated heterocycles. The Morgan fingerprint density at radius 2 is 1.47 bits per heavy atom. The smallest absolute Gasteiger partial charge is 0.255 e. The SMILES string of the molecule is C[N+]1(Cc2ccc(NC(=O)c3ccc4ccc(-c5ccccc5)cc4c3)cc2)CCCCC1.[I-]. The number of nitrogens with one attached hydrogen (secondary N) is 1. The Kier molecular flexibility index (Phi) is 7.69. The normalized spacial score (nSPS) is 14.9. The van der Waals surface area contributed by atoms with Gasteiger partial charge >= 0.3 is 0 Å². The highest BCUT2D eigenvalue weighted by Gasteiger charge is 2.24. The maximum absolute atomic E-state index is 13.0. The molecule has 0 radical (unpaired) electrons. The first kappa shape index (κ1) is 24.4. The van der Waals surface area contributed by atoms with Gasteiger partial charge in [0.25, 0.3) is 5.91 Å². The minimum Gasteiger partial charge on any atom is -1.00 e. The summed E-state index contributed by atoms with van der Waals surface area (Å²) in [6, 6.07) is 31.0. The van der Waals surface area contributed by atoms with Gasteiger partial charge < -0.3 is 33.8 Å². The second kappa shape index (κ2) is 10.7. The van der Waals surface area contributed by atoms with Crippen LogP contribution in [0, 0.1) is 0 Å². The molecular formula is C30H31IN2O. The molecule has 174 valence electrons. The molecule has 1 fully saturated rings. The molecule has 1 N–H and O–H groups in total. The van der Waals surface area contributed by atoms with Gasteiger partial charge in [0.05, 0.1) is 20.1 Å². The Morgan fingerprint density at radius 3 is 2.21 bits per heavy atom. The van der Waals surface area contributed by atoms with Crippen molar-refractivity contribution in [3.05, 3.63) is 102 Å². The van der Waals surface area contributed by atoms with E-state index in [2.05, 4.69) is 54.8 Å². The molecule has 4 aromatic rings. The van der Waals surface area contributed by atoms with Gasteiger partial charge in [0.15, 0.2) is 0 Å². The van der Waals surface area contributed by atoms with Crippen molar-refractivity contribution < 1.29 is 33.3 Å². The summed E-state index contributed by atoms with van der Waals surface area (Å²) in [6.45, 7) is 3.57. The predicted molar refractivity (Wildman–Crippen MR) is 137 cm³/mol. The summed E-state index contributed by atoms with van der Waals surface area (Å²) >= 11 is 0. The quantitative estimate of drug-likeness (QED) is 0.290. The Labute approximate surface area is 219 Å². The number of amides is 1. The van der Waals surface area contributed by atoms with E-state index >= 15 is 0 Å². The summed E-state index contributed by atoms with van der Waals surface area (Å²) in [6.07, 6.45) is 4.01. The number of anilines is 1. The lowest BCUT2D eigenvalue weighted by Crippen LogP contribution is -3.00. The molecule has 0 aromatic heterocycles. The van der Waals surface area contributed by atoms with Gasteiger partial charge in [-0.25, -0.2) is 0 Å². The van der Waals surface area contributed by atoms with Crippen LogP contribution in [0.25, 0.3) is 21.9 Å². The minimum absolute atomic E-state index is 0. The third kappa shape index (κ3) is 5.68. The van der Waals surface area contributed by atoms with Gasteiger partial charge in [-0.2, -0.15) is 0 Å². The third-order valence-corrected chi connectivity index (χ3v) is 6.88. The molecule has 0 bridgehead atoms. The molecular weight excluding hydrogens is 531 g/mol. The van der Waals surface area contributed by atoms with Crippen LogP contribution in [0.5, 0.6) is 0 Å². The zero-order chi connectivity index (χ0) is 22.7. The summed E-state index contributed by atoms with van der Waals surface area (Å²) < 4.78 is 1.12.